The second-order valence-electron chi connectivity index (χ2n) is 4.42. The molecule has 5 nitrogen and oxygen atoms in total. The van der Waals surface area contributed by atoms with Crippen molar-refractivity contribution < 1.29 is 14.1 Å². The fourth-order valence-electron chi connectivity index (χ4n) is 2.03. The molecule has 1 aromatic carbocycles. The minimum atomic E-state index is -0.284. The number of carbonyl (C=O) groups is 1. The molecule has 0 aliphatic carbocycles. The van der Waals surface area contributed by atoms with E-state index in [4.69, 9.17) is 20.9 Å². The normalized spacial score (nSPS) is 10.5. The van der Waals surface area contributed by atoms with Crippen LogP contribution in [0.15, 0.2) is 22.7 Å². The van der Waals surface area contributed by atoms with Crippen LogP contribution < -0.4 is 10.1 Å². The molecule has 1 aromatic heterocycles. The standard InChI is InChI=1S/C15H17ClN2O3/c1-4-12-13(9(3)18-21-12)15(19)17-11-8-6-7-10(16)14(11)20-5-2/h6-8H,4-5H2,1-3H3,(H,17,19). The third-order valence-corrected chi connectivity index (χ3v) is 3.28. The number of aromatic nitrogens is 1. The molecule has 112 valence electrons. The average Bonchev–Trinajstić information content (AvgIpc) is 2.83. The Bertz CT molecular complexity index is 652. The van der Waals surface area contributed by atoms with Gasteiger partial charge in [0.25, 0.3) is 5.91 Å². The van der Waals surface area contributed by atoms with Crippen molar-refractivity contribution in [3.63, 3.8) is 0 Å². The van der Waals surface area contributed by atoms with Crippen molar-refractivity contribution in [2.75, 3.05) is 11.9 Å². The van der Waals surface area contributed by atoms with Gasteiger partial charge in [-0.05, 0) is 26.0 Å². The molecule has 1 N–H and O–H groups in total. The van der Waals surface area contributed by atoms with Crippen LogP contribution in [-0.4, -0.2) is 17.7 Å². The number of ether oxygens (including phenoxy) is 1. The molecule has 2 rings (SSSR count). The number of halogens is 1. The number of anilines is 1. The number of benzene rings is 1. The van der Waals surface area contributed by atoms with Gasteiger partial charge < -0.3 is 14.6 Å². The van der Waals surface area contributed by atoms with Crippen molar-refractivity contribution in [2.45, 2.75) is 27.2 Å². The van der Waals surface area contributed by atoms with Gasteiger partial charge in [0.05, 0.1) is 23.0 Å². The van der Waals surface area contributed by atoms with E-state index in [9.17, 15) is 4.79 Å². The first-order valence-corrected chi connectivity index (χ1v) is 7.14. The summed E-state index contributed by atoms with van der Waals surface area (Å²) >= 11 is 6.10. The number of carbonyl (C=O) groups excluding carboxylic acids is 1. The summed E-state index contributed by atoms with van der Waals surface area (Å²) in [6.45, 7) is 5.95. The Morgan fingerprint density at radius 3 is 2.86 bits per heavy atom. The molecule has 0 fully saturated rings. The van der Waals surface area contributed by atoms with Gasteiger partial charge in [-0.2, -0.15) is 0 Å². The van der Waals surface area contributed by atoms with Gasteiger partial charge in [0.15, 0.2) is 5.75 Å². The highest BCUT2D eigenvalue weighted by Gasteiger charge is 2.20. The van der Waals surface area contributed by atoms with Gasteiger partial charge in [0.1, 0.15) is 11.3 Å². The third-order valence-electron chi connectivity index (χ3n) is 2.99. The van der Waals surface area contributed by atoms with Crippen LogP contribution in [0.5, 0.6) is 5.75 Å². The fraction of sp³-hybridized carbons (Fsp3) is 0.333. The van der Waals surface area contributed by atoms with Crippen molar-refractivity contribution in [1.29, 1.82) is 0 Å². The van der Waals surface area contributed by atoms with Gasteiger partial charge in [0, 0.05) is 6.42 Å². The van der Waals surface area contributed by atoms with Crippen LogP contribution in [0.2, 0.25) is 5.02 Å². The zero-order valence-electron chi connectivity index (χ0n) is 12.2. The fourth-order valence-corrected chi connectivity index (χ4v) is 2.26. The summed E-state index contributed by atoms with van der Waals surface area (Å²) in [5.74, 6) is 0.737. The van der Waals surface area contributed by atoms with Crippen molar-refractivity contribution in [3.05, 3.63) is 40.2 Å². The summed E-state index contributed by atoms with van der Waals surface area (Å²) in [6, 6.07) is 5.20. The Morgan fingerprint density at radius 2 is 2.19 bits per heavy atom. The number of aryl methyl sites for hydroxylation is 2. The Balaban J connectivity index is 2.32. The monoisotopic (exact) mass is 308 g/mol. The molecule has 2 aromatic rings. The van der Waals surface area contributed by atoms with E-state index in [1.165, 1.54) is 0 Å². The molecule has 0 unspecified atom stereocenters. The summed E-state index contributed by atoms with van der Waals surface area (Å²) in [5, 5.41) is 7.09. The Hall–Kier alpha value is -2.01. The lowest BCUT2D eigenvalue weighted by atomic mass is 10.1. The Kier molecular flexibility index (Phi) is 4.85. The predicted octanol–water partition coefficient (Wildman–Crippen LogP) is 3.85. The number of hydrogen-bond acceptors (Lipinski definition) is 4. The first-order valence-electron chi connectivity index (χ1n) is 6.76. The summed E-state index contributed by atoms with van der Waals surface area (Å²) in [4.78, 5) is 12.4. The highest BCUT2D eigenvalue weighted by molar-refractivity contribution is 6.32. The largest absolute Gasteiger partial charge is 0.490 e. The number of hydrogen-bond donors (Lipinski definition) is 1. The molecule has 1 amide bonds. The van der Waals surface area contributed by atoms with E-state index < -0.39 is 0 Å². The number of rotatable bonds is 5. The highest BCUT2D eigenvalue weighted by Crippen LogP contribution is 2.33. The summed E-state index contributed by atoms with van der Waals surface area (Å²) in [7, 11) is 0. The maximum Gasteiger partial charge on any atom is 0.261 e. The van der Waals surface area contributed by atoms with Crippen LogP contribution in [0.25, 0.3) is 0 Å². The molecular formula is C15H17ClN2O3. The third kappa shape index (κ3) is 3.19. The van der Waals surface area contributed by atoms with Gasteiger partial charge in [-0.15, -0.1) is 0 Å². The molecule has 0 saturated carbocycles. The van der Waals surface area contributed by atoms with Crippen molar-refractivity contribution in [2.24, 2.45) is 0 Å². The second kappa shape index (κ2) is 6.63. The van der Waals surface area contributed by atoms with E-state index >= 15 is 0 Å². The van der Waals surface area contributed by atoms with E-state index in [-0.39, 0.29) is 5.91 Å². The topological polar surface area (TPSA) is 64.4 Å². The van der Waals surface area contributed by atoms with Crippen LogP contribution in [0.3, 0.4) is 0 Å². The molecule has 0 bridgehead atoms. The molecule has 0 aliphatic rings. The lowest BCUT2D eigenvalue weighted by Crippen LogP contribution is -2.15. The zero-order valence-corrected chi connectivity index (χ0v) is 13.0. The van der Waals surface area contributed by atoms with Gasteiger partial charge in [-0.1, -0.05) is 29.7 Å². The van der Waals surface area contributed by atoms with E-state index in [1.54, 1.807) is 25.1 Å². The zero-order chi connectivity index (χ0) is 15.4. The molecule has 0 radical (unpaired) electrons. The van der Waals surface area contributed by atoms with Crippen molar-refractivity contribution >= 4 is 23.2 Å². The summed E-state index contributed by atoms with van der Waals surface area (Å²) < 4.78 is 10.6. The molecule has 21 heavy (non-hydrogen) atoms. The average molecular weight is 309 g/mol. The smallest absolute Gasteiger partial charge is 0.261 e. The maximum absolute atomic E-state index is 12.4. The summed E-state index contributed by atoms with van der Waals surface area (Å²) in [6.07, 6.45) is 0.595. The minimum Gasteiger partial charge on any atom is -0.490 e. The van der Waals surface area contributed by atoms with Gasteiger partial charge in [0.2, 0.25) is 0 Å². The number of nitrogens with one attached hydrogen (secondary N) is 1. The van der Waals surface area contributed by atoms with Gasteiger partial charge >= 0.3 is 0 Å². The maximum atomic E-state index is 12.4. The van der Waals surface area contributed by atoms with E-state index in [2.05, 4.69) is 10.5 Å². The highest BCUT2D eigenvalue weighted by atomic mass is 35.5. The Morgan fingerprint density at radius 1 is 1.43 bits per heavy atom. The minimum absolute atomic E-state index is 0.284. The lowest BCUT2D eigenvalue weighted by Gasteiger charge is -2.12. The lowest BCUT2D eigenvalue weighted by molar-refractivity contribution is 0.102. The first kappa shape index (κ1) is 15.4. The van der Waals surface area contributed by atoms with Crippen LogP contribution in [0, 0.1) is 6.92 Å². The molecule has 0 spiro atoms. The van der Waals surface area contributed by atoms with Crippen LogP contribution in [0.4, 0.5) is 5.69 Å². The van der Waals surface area contributed by atoms with Crippen molar-refractivity contribution in [3.8, 4) is 5.75 Å². The quantitative estimate of drug-likeness (QED) is 0.911. The van der Waals surface area contributed by atoms with E-state index in [0.717, 1.165) is 0 Å². The molecule has 0 atom stereocenters. The van der Waals surface area contributed by atoms with E-state index in [1.807, 2.05) is 13.8 Å². The van der Waals surface area contributed by atoms with E-state index in [0.29, 0.717) is 46.5 Å². The molecular weight excluding hydrogens is 292 g/mol. The molecule has 1 heterocycles. The SMILES string of the molecule is CCOc1c(Cl)cccc1NC(=O)c1c(C)noc1CC. The number of amides is 1. The predicted molar refractivity (Wildman–Crippen MR) is 81.2 cm³/mol. The van der Waals surface area contributed by atoms with Crippen LogP contribution in [0.1, 0.15) is 35.7 Å². The van der Waals surface area contributed by atoms with Crippen LogP contribution in [-0.2, 0) is 6.42 Å². The second-order valence-corrected chi connectivity index (χ2v) is 4.83. The number of para-hydroxylation sites is 1. The van der Waals surface area contributed by atoms with Gasteiger partial charge in [-0.3, -0.25) is 4.79 Å². The van der Waals surface area contributed by atoms with Crippen molar-refractivity contribution in [1.82, 2.24) is 5.16 Å². The number of nitrogens with zero attached hydrogens (tertiary/aromatic N) is 1. The Labute approximate surface area is 128 Å². The summed E-state index contributed by atoms with van der Waals surface area (Å²) in [5.41, 5.74) is 1.54. The first-order chi connectivity index (χ1) is 10.1. The van der Waals surface area contributed by atoms with Crippen LogP contribution >= 0.6 is 11.6 Å². The molecule has 6 heteroatoms. The van der Waals surface area contributed by atoms with Gasteiger partial charge in [-0.25, -0.2) is 0 Å². The molecule has 0 aliphatic heterocycles. The molecule has 0 saturated heterocycles.